The van der Waals surface area contributed by atoms with E-state index in [-0.39, 0.29) is 0 Å². The summed E-state index contributed by atoms with van der Waals surface area (Å²) in [6.07, 6.45) is 4.31. The molecule has 1 unspecified atom stereocenters. The highest BCUT2D eigenvalue weighted by Crippen LogP contribution is 2.29. The molecule has 116 valence electrons. The largest absolute Gasteiger partial charge is 0.356 e. The summed E-state index contributed by atoms with van der Waals surface area (Å²) in [6.45, 7) is 4.44. The zero-order valence-electron chi connectivity index (χ0n) is 13.3. The Morgan fingerprint density at radius 2 is 1.91 bits per heavy atom. The van der Waals surface area contributed by atoms with Crippen LogP contribution in [-0.2, 0) is 0 Å². The number of hydrogen-bond acceptors (Lipinski definition) is 4. The minimum atomic E-state index is 0.704. The van der Waals surface area contributed by atoms with Crippen LogP contribution < -0.4 is 4.90 Å². The van der Waals surface area contributed by atoms with E-state index < -0.39 is 0 Å². The van der Waals surface area contributed by atoms with Crippen molar-refractivity contribution in [2.75, 3.05) is 18.0 Å². The van der Waals surface area contributed by atoms with Gasteiger partial charge in [0.15, 0.2) is 5.82 Å². The number of piperidine rings is 1. The van der Waals surface area contributed by atoms with Crippen molar-refractivity contribution in [2.24, 2.45) is 5.92 Å². The highest BCUT2D eigenvalue weighted by atomic mass is 15.2. The van der Waals surface area contributed by atoms with Crippen molar-refractivity contribution in [3.63, 3.8) is 0 Å². The lowest BCUT2D eigenvalue weighted by molar-refractivity contribution is 0.445. The van der Waals surface area contributed by atoms with Gasteiger partial charge in [0.25, 0.3) is 0 Å². The molecule has 1 aliphatic rings. The number of pyridine rings is 1. The van der Waals surface area contributed by atoms with E-state index in [2.05, 4.69) is 35.0 Å². The third-order valence-corrected chi connectivity index (χ3v) is 4.43. The summed E-state index contributed by atoms with van der Waals surface area (Å²) in [6, 6.07) is 14.1. The highest BCUT2D eigenvalue weighted by molar-refractivity contribution is 5.90. The minimum Gasteiger partial charge on any atom is -0.356 e. The number of fused-ring (bicyclic) bond motifs is 1. The van der Waals surface area contributed by atoms with Gasteiger partial charge in [-0.25, -0.2) is 9.97 Å². The molecule has 0 bridgehead atoms. The van der Waals surface area contributed by atoms with Crippen molar-refractivity contribution >= 4 is 16.7 Å². The zero-order chi connectivity index (χ0) is 15.6. The smallest absolute Gasteiger partial charge is 0.180 e. The van der Waals surface area contributed by atoms with Crippen LogP contribution in [0.4, 0.5) is 5.82 Å². The van der Waals surface area contributed by atoms with Gasteiger partial charge in [-0.2, -0.15) is 0 Å². The fourth-order valence-corrected chi connectivity index (χ4v) is 3.29. The van der Waals surface area contributed by atoms with Crippen molar-refractivity contribution < 1.29 is 0 Å². The Morgan fingerprint density at radius 3 is 2.74 bits per heavy atom. The molecule has 1 aliphatic heterocycles. The summed E-state index contributed by atoms with van der Waals surface area (Å²) in [5, 5.41) is 1.13. The Kier molecular flexibility index (Phi) is 3.66. The molecule has 1 fully saturated rings. The Morgan fingerprint density at radius 1 is 1.04 bits per heavy atom. The van der Waals surface area contributed by atoms with Crippen LogP contribution in [0.25, 0.3) is 22.4 Å². The Balaban J connectivity index is 1.87. The lowest BCUT2D eigenvalue weighted by Crippen LogP contribution is -2.35. The first-order chi connectivity index (χ1) is 11.3. The van der Waals surface area contributed by atoms with Crippen LogP contribution in [-0.4, -0.2) is 28.0 Å². The second kappa shape index (κ2) is 5.95. The van der Waals surface area contributed by atoms with Crippen molar-refractivity contribution in [1.29, 1.82) is 0 Å². The molecule has 3 heterocycles. The molecule has 2 aromatic heterocycles. The topological polar surface area (TPSA) is 41.9 Å². The molecule has 4 heteroatoms. The first-order valence-electron chi connectivity index (χ1n) is 8.24. The molecule has 0 spiro atoms. The summed E-state index contributed by atoms with van der Waals surface area (Å²) < 4.78 is 0. The maximum absolute atomic E-state index is 4.88. The number of para-hydroxylation sites is 1. The van der Waals surface area contributed by atoms with E-state index >= 15 is 0 Å². The van der Waals surface area contributed by atoms with E-state index in [1.807, 2.05) is 24.3 Å². The number of rotatable bonds is 2. The number of hydrogen-bond donors (Lipinski definition) is 0. The molecule has 1 saturated heterocycles. The van der Waals surface area contributed by atoms with Gasteiger partial charge in [-0.15, -0.1) is 0 Å². The van der Waals surface area contributed by atoms with Gasteiger partial charge in [-0.3, -0.25) is 4.98 Å². The maximum atomic E-state index is 4.88. The number of nitrogens with zero attached hydrogens (tertiary/aromatic N) is 4. The standard InChI is InChI=1S/C19H20N4/c1-14-7-6-12-23(13-14)19-15-8-2-3-9-16(15)21-18(22-19)17-10-4-5-11-20-17/h2-5,8-11,14H,6-7,12-13H2,1H3. The zero-order valence-corrected chi connectivity index (χ0v) is 13.3. The predicted molar refractivity (Wildman–Crippen MR) is 93.4 cm³/mol. The van der Waals surface area contributed by atoms with E-state index in [0.717, 1.165) is 35.5 Å². The van der Waals surface area contributed by atoms with Gasteiger partial charge in [-0.1, -0.05) is 25.1 Å². The fraction of sp³-hybridized carbons (Fsp3) is 0.316. The van der Waals surface area contributed by atoms with E-state index in [1.54, 1.807) is 6.20 Å². The monoisotopic (exact) mass is 304 g/mol. The average Bonchev–Trinajstić information content (AvgIpc) is 2.61. The van der Waals surface area contributed by atoms with Crippen LogP contribution in [0.3, 0.4) is 0 Å². The van der Waals surface area contributed by atoms with E-state index in [9.17, 15) is 0 Å². The molecule has 4 rings (SSSR count). The first kappa shape index (κ1) is 14.1. The summed E-state index contributed by atoms with van der Waals surface area (Å²) >= 11 is 0. The van der Waals surface area contributed by atoms with Gasteiger partial charge in [-0.05, 0) is 43.0 Å². The number of anilines is 1. The molecule has 3 aromatic rings. The van der Waals surface area contributed by atoms with Crippen molar-refractivity contribution in [3.8, 4) is 11.5 Å². The normalized spacial score (nSPS) is 18.3. The molecule has 4 nitrogen and oxygen atoms in total. The molecular formula is C19H20N4. The van der Waals surface area contributed by atoms with Crippen LogP contribution in [0.5, 0.6) is 0 Å². The number of aromatic nitrogens is 3. The van der Waals surface area contributed by atoms with Crippen LogP contribution in [0.15, 0.2) is 48.7 Å². The summed E-state index contributed by atoms with van der Waals surface area (Å²) in [5.74, 6) is 2.45. The summed E-state index contributed by atoms with van der Waals surface area (Å²) in [4.78, 5) is 16.4. The van der Waals surface area contributed by atoms with Gasteiger partial charge < -0.3 is 4.90 Å². The van der Waals surface area contributed by atoms with E-state index in [1.165, 1.54) is 12.8 Å². The highest BCUT2D eigenvalue weighted by Gasteiger charge is 2.21. The Bertz CT molecular complexity index is 816. The van der Waals surface area contributed by atoms with Crippen molar-refractivity contribution in [2.45, 2.75) is 19.8 Å². The van der Waals surface area contributed by atoms with Crippen LogP contribution in [0.1, 0.15) is 19.8 Å². The molecule has 1 atom stereocenters. The fourth-order valence-electron chi connectivity index (χ4n) is 3.29. The molecule has 0 N–H and O–H groups in total. The summed E-state index contributed by atoms with van der Waals surface area (Å²) in [5.41, 5.74) is 1.81. The van der Waals surface area contributed by atoms with Gasteiger partial charge in [0.1, 0.15) is 11.5 Å². The van der Waals surface area contributed by atoms with Gasteiger partial charge in [0.2, 0.25) is 0 Å². The molecular weight excluding hydrogens is 284 g/mol. The van der Waals surface area contributed by atoms with Crippen molar-refractivity contribution in [3.05, 3.63) is 48.7 Å². The third kappa shape index (κ3) is 2.77. The molecule has 1 aromatic carbocycles. The number of benzene rings is 1. The van der Waals surface area contributed by atoms with E-state index in [4.69, 9.17) is 9.97 Å². The Labute approximate surface area is 136 Å². The molecule has 23 heavy (non-hydrogen) atoms. The SMILES string of the molecule is CC1CCCN(c2nc(-c3ccccn3)nc3ccccc23)C1. The third-order valence-electron chi connectivity index (χ3n) is 4.43. The van der Waals surface area contributed by atoms with Crippen LogP contribution >= 0.6 is 0 Å². The second-order valence-corrected chi connectivity index (χ2v) is 6.30. The van der Waals surface area contributed by atoms with Crippen molar-refractivity contribution in [1.82, 2.24) is 15.0 Å². The van der Waals surface area contributed by atoms with E-state index in [0.29, 0.717) is 11.7 Å². The second-order valence-electron chi connectivity index (χ2n) is 6.30. The molecule has 0 aliphatic carbocycles. The molecule has 0 saturated carbocycles. The lowest BCUT2D eigenvalue weighted by atomic mass is 10.00. The lowest BCUT2D eigenvalue weighted by Gasteiger charge is -2.32. The van der Waals surface area contributed by atoms with Crippen LogP contribution in [0, 0.1) is 5.92 Å². The quantitative estimate of drug-likeness (QED) is 0.719. The van der Waals surface area contributed by atoms with Gasteiger partial charge in [0, 0.05) is 24.7 Å². The summed E-state index contributed by atoms with van der Waals surface area (Å²) in [7, 11) is 0. The predicted octanol–water partition coefficient (Wildman–Crippen LogP) is 3.93. The van der Waals surface area contributed by atoms with Crippen LogP contribution in [0.2, 0.25) is 0 Å². The Hall–Kier alpha value is -2.49. The maximum Gasteiger partial charge on any atom is 0.180 e. The van der Waals surface area contributed by atoms with Gasteiger partial charge in [0.05, 0.1) is 5.52 Å². The average molecular weight is 304 g/mol. The first-order valence-corrected chi connectivity index (χ1v) is 8.24. The molecule has 0 radical (unpaired) electrons. The van der Waals surface area contributed by atoms with Gasteiger partial charge >= 0.3 is 0 Å². The molecule has 0 amide bonds. The minimum absolute atomic E-state index is 0.704.